The summed E-state index contributed by atoms with van der Waals surface area (Å²) >= 11 is 1.56. The first kappa shape index (κ1) is 19.9. The van der Waals surface area contributed by atoms with Crippen molar-refractivity contribution < 1.29 is 4.79 Å². The molecule has 1 saturated heterocycles. The van der Waals surface area contributed by atoms with Crippen LogP contribution in [0.3, 0.4) is 0 Å². The molecule has 1 aliphatic rings. The van der Waals surface area contributed by atoms with Crippen LogP contribution in [-0.2, 0) is 17.8 Å². The van der Waals surface area contributed by atoms with E-state index in [-0.39, 0.29) is 5.91 Å². The van der Waals surface area contributed by atoms with E-state index in [1.54, 1.807) is 11.3 Å². The molecule has 1 fully saturated rings. The molecule has 1 amide bonds. The Bertz CT molecular complexity index is 760. The van der Waals surface area contributed by atoms with Gasteiger partial charge in [0.2, 0.25) is 5.91 Å². The second kappa shape index (κ2) is 8.91. The fraction of sp³-hybridized carbons (Fsp3) is 0.550. The van der Waals surface area contributed by atoms with Crippen molar-refractivity contribution in [2.45, 2.75) is 52.7 Å². The van der Waals surface area contributed by atoms with Crippen molar-refractivity contribution in [2.24, 2.45) is 0 Å². The van der Waals surface area contributed by atoms with E-state index in [4.69, 9.17) is 0 Å². The molecule has 0 aromatic carbocycles. The van der Waals surface area contributed by atoms with Gasteiger partial charge in [-0.1, -0.05) is 13.0 Å². The van der Waals surface area contributed by atoms with Crippen LogP contribution in [-0.4, -0.2) is 57.4 Å². The molecule has 7 heteroatoms. The quantitative estimate of drug-likeness (QED) is 0.826. The smallest absolute Gasteiger partial charge is 0.223 e. The lowest BCUT2D eigenvalue weighted by molar-refractivity contribution is -0.114. The van der Waals surface area contributed by atoms with Crippen molar-refractivity contribution in [3.63, 3.8) is 0 Å². The molecular weight excluding hydrogens is 358 g/mol. The van der Waals surface area contributed by atoms with E-state index in [1.165, 1.54) is 17.4 Å². The molecule has 6 nitrogen and oxygen atoms in total. The topological polar surface area (TPSA) is 61.4 Å². The lowest BCUT2D eigenvalue weighted by Gasteiger charge is -2.45. The van der Waals surface area contributed by atoms with E-state index in [2.05, 4.69) is 51.1 Å². The normalized spacial score (nSPS) is 21.3. The number of aryl methyl sites for hydroxylation is 1. The number of thiazole rings is 1. The molecule has 146 valence electrons. The zero-order valence-corrected chi connectivity index (χ0v) is 17.4. The molecular formula is C20H29N5OS. The number of pyridine rings is 1. The summed E-state index contributed by atoms with van der Waals surface area (Å²) in [6.07, 6.45) is 4.91. The monoisotopic (exact) mass is 387 g/mol. The highest BCUT2D eigenvalue weighted by Crippen LogP contribution is 2.24. The Kier molecular flexibility index (Phi) is 6.57. The van der Waals surface area contributed by atoms with E-state index >= 15 is 0 Å². The predicted molar refractivity (Wildman–Crippen MR) is 110 cm³/mol. The molecule has 2 aromatic rings. The molecule has 2 aromatic heterocycles. The Morgan fingerprint density at radius 1 is 1.26 bits per heavy atom. The van der Waals surface area contributed by atoms with Gasteiger partial charge in [-0.3, -0.25) is 19.6 Å². The van der Waals surface area contributed by atoms with Crippen molar-refractivity contribution >= 4 is 22.4 Å². The Morgan fingerprint density at radius 3 is 2.74 bits per heavy atom. The second-order valence-corrected chi connectivity index (χ2v) is 8.46. The summed E-state index contributed by atoms with van der Waals surface area (Å²) in [6, 6.07) is 5.26. The van der Waals surface area contributed by atoms with Gasteiger partial charge in [0.25, 0.3) is 0 Å². The fourth-order valence-electron chi connectivity index (χ4n) is 3.65. The molecule has 1 aliphatic heterocycles. The van der Waals surface area contributed by atoms with Gasteiger partial charge in [-0.2, -0.15) is 0 Å². The van der Waals surface area contributed by atoms with E-state index in [0.717, 1.165) is 38.3 Å². The number of nitrogens with one attached hydrogen (secondary N) is 1. The van der Waals surface area contributed by atoms with E-state index < -0.39 is 0 Å². The Morgan fingerprint density at radius 2 is 2.07 bits per heavy atom. The number of anilines is 1. The van der Waals surface area contributed by atoms with Crippen LogP contribution < -0.4 is 5.32 Å². The molecule has 0 saturated carbocycles. The van der Waals surface area contributed by atoms with Gasteiger partial charge in [-0.25, -0.2) is 4.98 Å². The highest BCUT2D eigenvalue weighted by molar-refractivity contribution is 7.15. The van der Waals surface area contributed by atoms with Gasteiger partial charge >= 0.3 is 0 Å². The Balaban J connectivity index is 1.67. The number of piperazine rings is 1. The summed E-state index contributed by atoms with van der Waals surface area (Å²) in [4.78, 5) is 26.3. The van der Waals surface area contributed by atoms with Gasteiger partial charge < -0.3 is 5.32 Å². The lowest BCUT2D eigenvalue weighted by atomic mass is 10.0. The maximum absolute atomic E-state index is 11.2. The van der Waals surface area contributed by atoms with Crippen molar-refractivity contribution in [1.82, 2.24) is 19.8 Å². The number of likely N-dealkylation sites (N-methyl/N-ethyl adjacent to an activating group) is 1. The SMILES string of the molecule is CCN1C[C@H](C)N(Cc2cnc(NC(C)=O)s2)C[C@H]1Cc1ccc(C)nc1. The van der Waals surface area contributed by atoms with Crippen LogP contribution >= 0.6 is 11.3 Å². The molecule has 0 unspecified atom stereocenters. The van der Waals surface area contributed by atoms with Crippen LogP contribution in [0.15, 0.2) is 24.5 Å². The summed E-state index contributed by atoms with van der Waals surface area (Å²) in [7, 11) is 0. The molecule has 1 N–H and O–H groups in total. The van der Waals surface area contributed by atoms with Gasteiger partial charge in [0.05, 0.1) is 0 Å². The fourth-order valence-corrected chi connectivity index (χ4v) is 4.54. The van der Waals surface area contributed by atoms with E-state index in [9.17, 15) is 4.79 Å². The first-order valence-corrected chi connectivity index (χ1v) is 10.4. The summed E-state index contributed by atoms with van der Waals surface area (Å²) in [5, 5.41) is 3.45. The zero-order valence-electron chi connectivity index (χ0n) is 16.6. The molecule has 27 heavy (non-hydrogen) atoms. The van der Waals surface area contributed by atoms with Crippen molar-refractivity contribution in [3.05, 3.63) is 40.7 Å². The number of carbonyl (C=O) groups excluding carboxylic acids is 1. The summed E-state index contributed by atoms with van der Waals surface area (Å²) in [6.45, 7) is 12.1. The van der Waals surface area contributed by atoms with Crippen LogP contribution in [0.1, 0.15) is 36.9 Å². The molecule has 0 radical (unpaired) electrons. The lowest BCUT2D eigenvalue weighted by Crippen LogP contribution is -2.57. The Labute approximate surface area is 165 Å². The van der Waals surface area contributed by atoms with Gasteiger partial charge in [0.1, 0.15) is 0 Å². The number of carbonyl (C=O) groups is 1. The van der Waals surface area contributed by atoms with Crippen molar-refractivity contribution in [3.8, 4) is 0 Å². The highest BCUT2D eigenvalue weighted by Gasteiger charge is 2.31. The summed E-state index contributed by atoms with van der Waals surface area (Å²) < 4.78 is 0. The van der Waals surface area contributed by atoms with Gasteiger partial charge in [-0.05, 0) is 38.4 Å². The number of nitrogens with zero attached hydrogens (tertiary/aromatic N) is 4. The van der Waals surface area contributed by atoms with Crippen LogP contribution in [0.5, 0.6) is 0 Å². The maximum Gasteiger partial charge on any atom is 0.223 e. The predicted octanol–water partition coefficient (Wildman–Crippen LogP) is 2.94. The standard InChI is InChI=1S/C20H29N5OS/c1-5-24-11-15(3)25(13-19-10-22-20(27-19)23-16(4)26)12-18(24)8-17-7-6-14(2)21-9-17/h6-7,9-10,15,18H,5,8,11-13H2,1-4H3,(H,22,23,26)/t15-,18+/m0/s1. The number of hydrogen-bond acceptors (Lipinski definition) is 6. The van der Waals surface area contributed by atoms with Crippen LogP contribution in [0.2, 0.25) is 0 Å². The average Bonchev–Trinajstić information content (AvgIpc) is 3.05. The third kappa shape index (κ3) is 5.34. The molecule has 3 rings (SSSR count). The van der Waals surface area contributed by atoms with E-state index in [1.807, 2.05) is 19.3 Å². The first-order chi connectivity index (χ1) is 12.9. The summed E-state index contributed by atoms with van der Waals surface area (Å²) in [5.74, 6) is -0.0763. The number of amides is 1. The van der Waals surface area contributed by atoms with Crippen LogP contribution in [0.25, 0.3) is 0 Å². The third-order valence-corrected chi connectivity index (χ3v) is 6.03. The van der Waals surface area contributed by atoms with Crippen molar-refractivity contribution in [2.75, 3.05) is 25.0 Å². The molecule has 0 bridgehead atoms. The minimum Gasteiger partial charge on any atom is -0.302 e. The maximum atomic E-state index is 11.2. The second-order valence-electron chi connectivity index (χ2n) is 7.34. The minimum absolute atomic E-state index is 0.0763. The first-order valence-electron chi connectivity index (χ1n) is 9.56. The highest BCUT2D eigenvalue weighted by atomic mass is 32.1. The van der Waals surface area contributed by atoms with Crippen LogP contribution in [0.4, 0.5) is 5.13 Å². The van der Waals surface area contributed by atoms with Crippen molar-refractivity contribution in [1.29, 1.82) is 0 Å². The Hall–Kier alpha value is -1.83. The third-order valence-electron chi connectivity index (χ3n) is 5.13. The van der Waals surface area contributed by atoms with Gasteiger partial charge in [-0.15, -0.1) is 11.3 Å². The molecule has 3 heterocycles. The number of rotatable bonds is 6. The van der Waals surface area contributed by atoms with Gasteiger partial charge in [0, 0.05) is 61.6 Å². The summed E-state index contributed by atoms with van der Waals surface area (Å²) in [5.41, 5.74) is 2.36. The number of hydrogen-bond donors (Lipinski definition) is 1. The molecule has 0 aliphatic carbocycles. The van der Waals surface area contributed by atoms with Crippen LogP contribution in [0, 0.1) is 6.92 Å². The van der Waals surface area contributed by atoms with E-state index in [0.29, 0.717) is 17.2 Å². The zero-order chi connectivity index (χ0) is 19.4. The van der Waals surface area contributed by atoms with Gasteiger partial charge in [0.15, 0.2) is 5.13 Å². The molecule has 0 spiro atoms. The minimum atomic E-state index is -0.0763. The average molecular weight is 388 g/mol. The molecule has 2 atom stereocenters. The largest absolute Gasteiger partial charge is 0.302 e. The number of aromatic nitrogens is 2.